The number of ether oxygens (including phenoxy) is 1. The third-order valence-electron chi connectivity index (χ3n) is 5.30. The molecule has 29 heavy (non-hydrogen) atoms. The van der Waals surface area contributed by atoms with Gasteiger partial charge in [-0.1, -0.05) is 96.5 Å². The quantitative estimate of drug-likeness (QED) is 0.0592. The first-order valence-corrected chi connectivity index (χ1v) is 13.6. The van der Waals surface area contributed by atoms with Crippen molar-refractivity contribution < 1.29 is 21.9 Å². The van der Waals surface area contributed by atoms with Crippen LogP contribution in [0.15, 0.2) is 12.7 Å². The zero-order valence-corrected chi connectivity index (χ0v) is 19.5. The molecule has 0 spiro atoms. The van der Waals surface area contributed by atoms with E-state index in [0.717, 1.165) is 32.1 Å². The Morgan fingerprint density at radius 1 is 0.759 bits per heavy atom. The number of halogens is 3. The van der Waals surface area contributed by atoms with Crippen LogP contribution in [0.4, 0.5) is 12.3 Å². The summed E-state index contributed by atoms with van der Waals surface area (Å²) in [5, 5.41) is 0. The molecule has 0 saturated heterocycles. The Balaban J connectivity index is 3.15. The van der Waals surface area contributed by atoms with Crippen LogP contribution >= 0.6 is 0 Å². The van der Waals surface area contributed by atoms with E-state index < -0.39 is 15.1 Å². The lowest BCUT2D eigenvalue weighted by Gasteiger charge is -2.11. The monoisotopic (exact) mass is 436 g/mol. The lowest BCUT2D eigenvalue weighted by Crippen LogP contribution is -2.13. The molecule has 0 amide bonds. The average molecular weight is 437 g/mol. The van der Waals surface area contributed by atoms with Crippen molar-refractivity contribution in [2.24, 2.45) is 0 Å². The third kappa shape index (κ3) is 23.4. The fourth-order valence-electron chi connectivity index (χ4n) is 3.54. The molecule has 0 aromatic carbocycles. The summed E-state index contributed by atoms with van der Waals surface area (Å²) in [6.07, 6.45) is 20.3. The standard InChI is InChI=1S/C23H43F3O2Si/c1-3-23(27)28-22(2)20-18-16-14-12-10-8-6-4-5-7-9-11-13-15-17-19-21-29(24,25)26/h3,22H,1,4-21H2,2H3. The van der Waals surface area contributed by atoms with Crippen LogP contribution in [0.1, 0.15) is 116 Å². The minimum atomic E-state index is -5.29. The molecule has 0 rings (SSSR count). The number of rotatable bonds is 21. The molecule has 1 unspecified atom stereocenters. The number of esters is 1. The van der Waals surface area contributed by atoms with Crippen molar-refractivity contribution in [2.45, 2.75) is 128 Å². The molecule has 0 N–H and O–H groups in total. The van der Waals surface area contributed by atoms with Gasteiger partial charge in [0.1, 0.15) is 0 Å². The molecule has 0 aliphatic rings. The summed E-state index contributed by atoms with van der Waals surface area (Å²) in [7, 11) is -5.29. The number of carbonyl (C=O) groups is 1. The summed E-state index contributed by atoms with van der Waals surface area (Å²) in [5.74, 6) is -0.335. The topological polar surface area (TPSA) is 26.3 Å². The molecule has 0 saturated carbocycles. The predicted molar refractivity (Wildman–Crippen MR) is 118 cm³/mol. The van der Waals surface area contributed by atoms with E-state index in [-0.39, 0.29) is 12.1 Å². The van der Waals surface area contributed by atoms with Gasteiger partial charge in [-0.15, -0.1) is 0 Å². The van der Waals surface area contributed by atoms with E-state index >= 15 is 0 Å². The molecule has 0 aromatic heterocycles. The van der Waals surface area contributed by atoms with E-state index in [4.69, 9.17) is 4.74 Å². The van der Waals surface area contributed by atoms with Gasteiger partial charge in [-0.05, 0) is 26.2 Å². The van der Waals surface area contributed by atoms with Gasteiger partial charge < -0.3 is 4.74 Å². The van der Waals surface area contributed by atoms with Gasteiger partial charge in [0.2, 0.25) is 0 Å². The molecule has 172 valence electrons. The SMILES string of the molecule is C=CC(=O)OC(C)CCCCCCCCCCCCCCCCCC[Si](F)(F)F. The molecule has 0 bridgehead atoms. The molecule has 0 aromatic rings. The van der Waals surface area contributed by atoms with Crippen molar-refractivity contribution >= 4 is 15.0 Å². The maximum Gasteiger partial charge on any atom is 0.616 e. The molecule has 0 radical (unpaired) electrons. The van der Waals surface area contributed by atoms with Crippen molar-refractivity contribution in [1.29, 1.82) is 0 Å². The van der Waals surface area contributed by atoms with Crippen molar-refractivity contribution in [3.05, 3.63) is 12.7 Å². The van der Waals surface area contributed by atoms with Crippen LogP contribution in [0.5, 0.6) is 0 Å². The normalized spacial score (nSPS) is 12.7. The second kappa shape index (κ2) is 19.2. The summed E-state index contributed by atoms with van der Waals surface area (Å²) in [6, 6.07) is -0.487. The number of hydrogen-bond donors (Lipinski definition) is 0. The molecular weight excluding hydrogens is 393 g/mol. The van der Waals surface area contributed by atoms with Gasteiger partial charge in [0, 0.05) is 12.1 Å². The molecule has 0 heterocycles. The second-order valence-electron chi connectivity index (χ2n) is 8.26. The Morgan fingerprint density at radius 3 is 1.45 bits per heavy atom. The maximum absolute atomic E-state index is 12.1. The van der Waals surface area contributed by atoms with Crippen molar-refractivity contribution in [3.8, 4) is 0 Å². The fourth-order valence-corrected chi connectivity index (χ4v) is 4.19. The van der Waals surface area contributed by atoms with Crippen LogP contribution in [0.25, 0.3) is 0 Å². The minimum absolute atomic E-state index is 0.0172. The van der Waals surface area contributed by atoms with Gasteiger partial charge in [0.15, 0.2) is 0 Å². The van der Waals surface area contributed by atoms with E-state index in [1.54, 1.807) is 0 Å². The van der Waals surface area contributed by atoms with Gasteiger partial charge in [0.05, 0.1) is 6.10 Å². The first-order chi connectivity index (χ1) is 13.8. The van der Waals surface area contributed by atoms with Crippen LogP contribution in [-0.4, -0.2) is 21.1 Å². The average Bonchev–Trinajstić information content (AvgIpc) is 2.66. The molecule has 2 nitrogen and oxygen atoms in total. The predicted octanol–water partition coefficient (Wildman–Crippen LogP) is 8.58. The highest BCUT2D eigenvalue weighted by Gasteiger charge is 2.35. The van der Waals surface area contributed by atoms with Gasteiger partial charge in [-0.3, -0.25) is 0 Å². The van der Waals surface area contributed by atoms with E-state index in [9.17, 15) is 17.1 Å². The summed E-state index contributed by atoms with van der Waals surface area (Å²) in [4.78, 5) is 11.1. The summed E-state index contributed by atoms with van der Waals surface area (Å²) < 4.78 is 41.6. The van der Waals surface area contributed by atoms with Crippen LogP contribution in [-0.2, 0) is 9.53 Å². The minimum Gasteiger partial charge on any atom is -0.460 e. The summed E-state index contributed by atoms with van der Waals surface area (Å²) in [6.45, 7) is 5.33. The van der Waals surface area contributed by atoms with Crippen LogP contribution in [0.3, 0.4) is 0 Å². The Morgan fingerprint density at radius 2 is 1.10 bits per heavy atom. The Labute approximate surface area is 178 Å². The van der Waals surface area contributed by atoms with Crippen LogP contribution in [0.2, 0.25) is 6.04 Å². The molecular formula is C23H43F3O2Si. The van der Waals surface area contributed by atoms with E-state index in [1.165, 1.54) is 76.7 Å². The molecule has 0 aliphatic heterocycles. The lowest BCUT2D eigenvalue weighted by molar-refractivity contribution is -0.142. The molecule has 6 heteroatoms. The third-order valence-corrected chi connectivity index (χ3v) is 6.23. The lowest BCUT2D eigenvalue weighted by atomic mass is 10.0. The van der Waals surface area contributed by atoms with E-state index in [1.807, 2.05) is 6.92 Å². The van der Waals surface area contributed by atoms with Gasteiger partial charge in [0.25, 0.3) is 0 Å². The highest BCUT2D eigenvalue weighted by molar-refractivity contribution is 6.58. The maximum atomic E-state index is 12.1. The smallest absolute Gasteiger partial charge is 0.460 e. The molecule has 1 atom stereocenters. The summed E-state index contributed by atoms with van der Waals surface area (Å²) >= 11 is 0. The van der Waals surface area contributed by atoms with Gasteiger partial charge >= 0.3 is 15.0 Å². The highest BCUT2D eigenvalue weighted by Crippen LogP contribution is 2.20. The zero-order valence-electron chi connectivity index (χ0n) is 18.5. The van der Waals surface area contributed by atoms with Gasteiger partial charge in [-0.25, -0.2) is 17.1 Å². The van der Waals surface area contributed by atoms with Gasteiger partial charge in [-0.2, -0.15) is 0 Å². The summed E-state index contributed by atoms with van der Waals surface area (Å²) in [5.41, 5.74) is 0. The Kier molecular flexibility index (Phi) is 18.7. The van der Waals surface area contributed by atoms with Crippen molar-refractivity contribution in [2.75, 3.05) is 0 Å². The largest absolute Gasteiger partial charge is 0.616 e. The zero-order chi connectivity index (χ0) is 21.8. The molecule has 0 fully saturated rings. The van der Waals surface area contributed by atoms with Crippen LogP contribution < -0.4 is 0 Å². The first-order valence-electron chi connectivity index (χ1n) is 11.7. The van der Waals surface area contributed by atoms with Crippen molar-refractivity contribution in [3.63, 3.8) is 0 Å². The van der Waals surface area contributed by atoms with E-state index in [0.29, 0.717) is 6.42 Å². The fraction of sp³-hybridized carbons (Fsp3) is 0.870. The molecule has 0 aliphatic carbocycles. The highest BCUT2D eigenvalue weighted by atomic mass is 28.5. The van der Waals surface area contributed by atoms with Crippen LogP contribution in [0, 0.1) is 0 Å². The Hall–Kier alpha value is -0.783. The number of unbranched alkanes of at least 4 members (excludes halogenated alkanes) is 15. The number of carbonyl (C=O) groups excluding carboxylic acids is 1. The first kappa shape index (κ1) is 28.2. The van der Waals surface area contributed by atoms with E-state index in [2.05, 4.69) is 6.58 Å². The Bertz CT molecular complexity index is 400. The second-order valence-corrected chi connectivity index (χ2v) is 9.99. The van der Waals surface area contributed by atoms with Crippen molar-refractivity contribution in [1.82, 2.24) is 0 Å². The number of hydrogen-bond acceptors (Lipinski definition) is 2.